The molecule has 0 aromatic carbocycles. The molecule has 0 aliphatic carbocycles. The lowest BCUT2D eigenvalue weighted by molar-refractivity contribution is 0.623. The third-order valence-electron chi connectivity index (χ3n) is 0.866. The van der Waals surface area contributed by atoms with Gasteiger partial charge in [-0.15, -0.1) is 0 Å². The van der Waals surface area contributed by atoms with Gasteiger partial charge in [-0.05, 0) is 13.8 Å². The van der Waals surface area contributed by atoms with Crippen molar-refractivity contribution in [2.45, 2.75) is 20.0 Å². The predicted octanol–water partition coefficient (Wildman–Crippen LogP) is -0.257. The van der Waals surface area contributed by atoms with Crippen molar-refractivity contribution < 1.29 is 0 Å². The van der Waals surface area contributed by atoms with Crippen LogP contribution in [0.2, 0.25) is 0 Å². The lowest BCUT2D eigenvalue weighted by atomic mass is 10.3. The molecule has 0 fully saturated rings. The van der Waals surface area contributed by atoms with Crippen molar-refractivity contribution in [1.29, 1.82) is 0 Å². The Morgan fingerprint density at radius 3 is 2.56 bits per heavy atom. The second-order valence-corrected chi connectivity index (χ2v) is 2.18. The monoisotopic (exact) mass is 129 g/mol. The summed E-state index contributed by atoms with van der Waals surface area (Å²) in [7, 11) is 0. The summed E-state index contributed by atoms with van der Waals surface area (Å²) in [5.41, 5.74) is 11.9. The highest BCUT2D eigenvalue weighted by Gasteiger charge is 1.91. The van der Waals surface area contributed by atoms with Crippen molar-refractivity contribution in [1.82, 2.24) is 5.32 Å². The molecule has 3 nitrogen and oxygen atoms in total. The van der Waals surface area contributed by atoms with E-state index in [4.69, 9.17) is 11.5 Å². The average molecular weight is 129 g/mol. The van der Waals surface area contributed by atoms with E-state index >= 15 is 0 Å². The van der Waals surface area contributed by atoms with Gasteiger partial charge in [0.25, 0.3) is 0 Å². The van der Waals surface area contributed by atoms with Crippen LogP contribution in [0.4, 0.5) is 0 Å². The molecule has 0 rings (SSSR count). The fraction of sp³-hybridized carbons (Fsp3) is 0.667. The summed E-state index contributed by atoms with van der Waals surface area (Å²) in [6.07, 6.45) is 1.83. The highest BCUT2D eigenvalue weighted by molar-refractivity contribution is 4.98. The van der Waals surface area contributed by atoms with E-state index in [1.165, 1.54) is 5.57 Å². The third kappa shape index (κ3) is 5.49. The molecular weight excluding hydrogens is 114 g/mol. The molecule has 1 unspecified atom stereocenters. The first-order valence-electron chi connectivity index (χ1n) is 3.01. The number of hydrogen-bond acceptors (Lipinski definition) is 3. The van der Waals surface area contributed by atoms with Crippen LogP contribution in [0.1, 0.15) is 13.8 Å². The normalized spacial score (nSPS) is 12.9. The fourth-order valence-electron chi connectivity index (χ4n) is 0.554. The van der Waals surface area contributed by atoms with Crippen molar-refractivity contribution in [3.05, 3.63) is 11.6 Å². The SMILES string of the molecule is CC(C)=CC(N)NCN. The molecule has 0 aromatic rings. The van der Waals surface area contributed by atoms with Gasteiger partial charge < -0.3 is 11.5 Å². The molecule has 0 aliphatic rings. The zero-order valence-electron chi connectivity index (χ0n) is 6.02. The molecule has 0 spiro atoms. The molecule has 5 N–H and O–H groups in total. The van der Waals surface area contributed by atoms with E-state index in [0.29, 0.717) is 6.67 Å². The standard InChI is InChI=1S/C6H15N3/c1-5(2)3-6(8)9-4-7/h3,6,9H,4,7-8H2,1-2H3. The van der Waals surface area contributed by atoms with Gasteiger partial charge in [0.1, 0.15) is 0 Å². The Labute approximate surface area is 56.1 Å². The summed E-state index contributed by atoms with van der Waals surface area (Å²) in [6.45, 7) is 4.42. The van der Waals surface area contributed by atoms with Gasteiger partial charge in [0, 0.05) is 6.67 Å². The van der Waals surface area contributed by atoms with Gasteiger partial charge in [-0.25, -0.2) is 0 Å². The molecule has 0 amide bonds. The first-order chi connectivity index (χ1) is 4.16. The second-order valence-electron chi connectivity index (χ2n) is 2.18. The molecule has 54 valence electrons. The number of rotatable bonds is 3. The van der Waals surface area contributed by atoms with E-state index in [2.05, 4.69) is 5.32 Å². The molecule has 1 atom stereocenters. The summed E-state index contributed by atoms with van der Waals surface area (Å²) < 4.78 is 0. The quantitative estimate of drug-likeness (QED) is 0.363. The van der Waals surface area contributed by atoms with Crippen LogP contribution in [-0.4, -0.2) is 12.8 Å². The van der Waals surface area contributed by atoms with Gasteiger partial charge in [0.05, 0.1) is 6.17 Å². The molecule has 0 aliphatic heterocycles. The van der Waals surface area contributed by atoms with Crippen molar-refractivity contribution in [2.24, 2.45) is 11.5 Å². The number of allylic oxidation sites excluding steroid dienone is 1. The minimum absolute atomic E-state index is 0.0972. The number of hydrogen-bond donors (Lipinski definition) is 3. The van der Waals surface area contributed by atoms with Gasteiger partial charge in [0.2, 0.25) is 0 Å². The van der Waals surface area contributed by atoms with Crippen molar-refractivity contribution in [3.63, 3.8) is 0 Å². The molecule has 0 heterocycles. The lowest BCUT2D eigenvalue weighted by Gasteiger charge is -2.06. The Balaban J connectivity index is 3.49. The first-order valence-corrected chi connectivity index (χ1v) is 3.01. The minimum atomic E-state index is -0.0972. The smallest absolute Gasteiger partial charge is 0.0750 e. The van der Waals surface area contributed by atoms with Crippen molar-refractivity contribution in [3.8, 4) is 0 Å². The molecule has 0 saturated carbocycles. The van der Waals surface area contributed by atoms with E-state index < -0.39 is 0 Å². The van der Waals surface area contributed by atoms with E-state index in [0.717, 1.165) is 0 Å². The molecule has 0 radical (unpaired) electrons. The zero-order valence-corrected chi connectivity index (χ0v) is 6.02. The largest absolute Gasteiger partial charge is 0.318 e. The topological polar surface area (TPSA) is 64.1 Å². The average Bonchev–Trinajstić information content (AvgIpc) is 1.63. The summed E-state index contributed by atoms with van der Waals surface area (Å²) in [5.74, 6) is 0. The van der Waals surface area contributed by atoms with Crippen molar-refractivity contribution >= 4 is 0 Å². The number of nitrogens with one attached hydrogen (secondary N) is 1. The van der Waals surface area contributed by atoms with Gasteiger partial charge in [-0.3, -0.25) is 5.32 Å². The maximum Gasteiger partial charge on any atom is 0.0750 e. The maximum atomic E-state index is 5.52. The maximum absolute atomic E-state index is 5.52. The Morgan fingerprint density at radius 1 is 1.67 bits per heavy atom. The molecule has 0 saturated heterocycles. The fourth-order valence-corrected chi connectivity index (χ4v) is 0.554. The van der Waals surface area contributed by atoms with Crippen LogP contribution in [0.15, 0.2) is 11.6 Å². The summed E-state index contributed by atoms with van der Waals surface area (Å²) >= 11 is 0. The van der Waals surface area contributed by atoms with E-state index in [1.807, 2.05) is 19.9 Å². The van der Waals surface area contributed by atoms with Crippen LogP contribution in [0.5, 0.6) is 0 Å². The first kappa shape index (κ1) is 8.62. The van der Waals surface area contributed by atoms with Crippen LogP contribution in [-0.2, 0) is 0 Å². The van der Waals surface area contributed by atoms with E-state index in [9.17, 15) is 0 Å². The van der Waals surface area contributed by atoms with Gasteiger partial charge in [0.15, 0.2) is 0 Å². The zero-order chi connectivity index (χ0) is 7.28. The second kappa shape index (κ2) is 4.49. The molecule has 9 heavy (non-hydrogen) atoms. The molecule has 3 heteroatoms. The van der Waals surface area contributed by atoms with Crippen LogP contribution < -0.4 is 16.8 Å². The highest BCUT2D eigenvalue weighted by atomic mass is 15.1. The molecule has 0 bridgehead atoms. The third-order valence-corrected chi connectivity index (χ3v) is 0.866. The van der Waals surface area contributed by atoms with Crippen LogP contribution >= 0.6 is 0 Å². The summed E-state index contributed by atoms with van der Waals surface area (Å²) in [6, 6.07) is 0. The summed E-state index contributed by atoms with van der Waals surface area (Å²) in [4.78, 5) is 0. The van der Waals surface area contributed by atoms with E-state index in [-0.39, 0.29) is 6.17 Å². The van der Waals surface area contributed by atoms with Gasteiger partial charge >= 0.3 is 0 Å². The predicted molar refractivity (Wildman–Crippen MR) is 39.6 cm³/mol. The van der Waals surface area contributed by atoms with Gasteiger partial charge in [-0.1, -0.05) is 11.6 Å². The number of nitrogens with two attached hydrogens (primary N) is 2. The van der Waals surface area contributed by atoms with Crippen LogP contribution in [0.3, 0.4) is 0 Å². The Hall–Kier alpha value is -0.380. The summed E-state index contributed by atoms with van der Waals surface area (Å²) in [5, 5.41) is 2.86. The van der Waals surface area contributed by atoms with Crippen molar-refractivity contribution in [2.75, 3.05) is 6.67 Å². The Morgan fingerprint density at radius 2 is 2.22 bits per heavy atom. The highest BCUT2D eigenvalue weighted by Crippen LogP contribution is 1.87. The molecule has 0 aromatic heterocycles. The van der Waals surface area contributed by atoms with Crippen LogP contribution in [0.25, 0.3) is 0 Å². The lowest BCUT2D eigenvalue weighted by Crippen LogP contribution is -2.39. The molecular formula is C6H15N3. The van der Waals surface area contributed by atoms with Gasteiger partial charge in [-0.2, -0.15) is 0 Å². The Kier molecular flexibility index (Phi) is 4.30. The van der Waals surface area contributed by atoms with E-state index in [1.54, 1.807) is 0 Å². The van der Waals surface area contributed by atoms with Crippen LogP contribution in [0, 0.1) is 0 Å². The minimum Gasteiger partial charge on any atom is -0.318 e. The Bertz CT molecular complexity index is 94.5.